The highest BCUT2D eigenvalue weighted by atomic mass is 16.5. The van der Waals surface area contributed by atoms with E-state index in [9.17, 15) is 0 Å². The summed E-state index contributed by atoms with van der Waals surface area (Å²) in [7, 11) is 0. The number of aromatic nitrogens is 2. The van der Waals surface area contributed by atoms with E-state index >= 15 is 0 Å². The lowest BCUT2D eigenvalue weighted by atomic mass is 10.1. The summed E-state index contributed by atoms with van der Waals surface area (Å²) in [6, 6.07) is 0. The minimum Gasteiger partial charge on any atom is -0.490 e. The van der Waals surface area contributed by atoms with Crippen LogP contribution in [0.4, 0.5) is 0 Å². The van der Waals surface area contributed by atoms with E-state index in [1.807, 2.05) is 10.9 Å². The molecule has 1 aromatic rings. The van der Waals surface area contributed by atoms with Crippen molar-refractivity contribution in [3.8, 4) is 5.75 Å². The van der Waals surface area contributed by atoms with Gasteiger partial charge in [-0.2, -0.15) is 5.10 Å². The van der Waals surface area contributed by atoms with Gasteiger partial charge < -0.3 is 4.74 Å². The van der Waals surface area contributed by atoms with E-state index in [0.29, 0.717) is 5.92 Å². The van der Waals surface area contributed by atoms with Gasteiger partial charge in [0.15, 0.2) is 5.75 Å². The Bertz CT molecular complexity index is 266. The summed E-state index contributed by atoms with van der Waals surface area (Å²) in [5, 5.41) is 4.23. The molecule has 0 N–H and O–H groups in total. The summed E-state index contributed by atoms with van der Waals surface area (Å²) < 4.78 is 7.63. The lowest BCUT2D eigenvalue weighted by Gasteiger charge is -2.11. The quantitative estimate of drug-likeness (QED) is 0.691. The predicted octanol–water partition coefficient (Wildman–Crippen LogP) is 3.11. The molecule has 86 valence electrons. The van der Waals surface area contributed by atoms with Crippen LogP contribution in [0, 0.1) is 5.92 Å². The van der Waals surface area contributed by atoms with E-state index < -0.39 is 0 Å². The highest BCUT2D eigenvalue weighted by Gasteiger charge is 2.05. The van der Waals surface area contributed by atoms with Gasteiger partial charge in [0.2, 0.25) is 0 Å². The molecule has 15 heavy (non-hydrogen) atoms. The molecule has 0 bridgehead atoms. The van der Waals surface area contributed by atoms with Gasteiger partial charge >= 0.3 is 0 Å². The minimum atomic E-state index is 0.666. The second kappa shape index (κ2) is 6.49. The first-order valence-corrected chi connectivity index (χ1v) is 5.95. The van der Waals surface area contributed by atoms with Crippen LogP contribution in [-0.2, 0) is 6.54 Å². The first-order chi connectivity index (χ1) is 7.30. The van der Waals surface area contributed by atoms with Crippen LogP contribution in [0.25, 0.3) is 0 Å². The molecule has 3 heteroatoms. The van der Waals surface area contributed by atoms with Crippen molar-refractivity contribution < 1.29 is 4.74 Å². The van der Waals surface area contributed by atoms with Gasteiger partial charge in [-0.1, -0.05) is 33.6 Å². The monoisotopic (exact) mass is 210 g/mol. The van der Waals surface area contributed by atoms with Crippen molar-refractivity contribution in [1.82, 2.24) is 9.78 Å². The van der Waals surface area contributed by atoms with Crippen molar-refractivity contribution in [2.45, 2.75) is 46.6 Å². The van der Waals surface area contributed by atoms with Gasteiger partial charge in [-0.15, -0.1) is 0 Å². The van der Waals surface area contributed by atoms with E-state index in [4.69, 9.17) is 4.74 Å². The summed E-state index contributed by atoms with van der Waals surface area (Å²) >= 11 is 0. The summed E-state index contributed by atoms with van der Waals surface area (Å²) in [6.07, 6.45) is 7.25. The maximum atomic E-state index is 5.69. The Hall–Kier alpha value is -0.990. The average molecular weight is 210 g/mol. The van der Waals surface area contributed by atoms with Crippen molar-refractivity contribution in [3.05, 3.63) is 12.4 Å². The lowest BCUT2D eigenvalue weighted by molar-refractivity contribution is 0.240. The van der Waals surface area contributed by atoms with Gasteiger partial charge in [-0.3, -0.25) is 4.68 Å². The van der Waals surface area contributed by atoms with Gasteiger partial charge in [0.05, 0.1) is 19.0 Å². The van der Waals surface area contributed by atoms with Gasteiger partial charge in [-0.25, -0.2) is 0 Å². The van der Waals surface area contributed by atoms with Crippen LogP contribution in [0.1, 0.15) is 40.0 Å². The molecule has 0 fully saturated rings. The fourth-order valence-corrected chi connectivity index (χ4v) is 1.51. The van der Waals surface area contributed by atoms with Crippen LogP contribution in [0.15, 0.2) is 12.4 Å². The number of nitrogens with zero attached hydrogens (tertiary/aromatic N) is 2. The topological polar surface area (TPSA) is 27.1 Å². The summed E-state index contributed by atoms with van der Waals surface area (Å²) in [6.45, 7) is 8.33. The molecule has 1 aromatic heterocycles. The molecule has 0 saturated heterocycles. The number of hydrogen-bond donors (Lipinski definition) is 0. The molecule has 0 atom stereocenters. The summed E-state index contributed by atoms with van der Waals surface area (Å²) in [5.74, 6) is 1.56. The molecule has 0 amide bonds. The van der Waals surface area contributed by atoms with E-state index in [1.54, 1.807) is 6.20 Å². The van der Waals surface area contributed by atoms with Gasteiger partial charge in [0.25, 0.3) is 0 Å². The SMILES string of the molecule is CCCn1cc(OCC(CC)CC)cn1. The van der Waals surface area contributed by atoms with E-state index in [1.165, 1.54) is 12.8 Å². The van der Waals surface area contributed by atoms with Crippen LogP contribution >= 0.6 is 0 Å². The number of aryl methyl sites for hydroxylation is 1. The van der Waals surface area contributed by atoms with Crippen molar-refractivity contribution in [3.63, 3.8) is 0 Å². The Balaban J connectivity index is 2.36. The Morgan fingerprint density at radius 3 is 2.67 bits per heavy atom. The third kappa shape index (κ3) is 3.94. The van der Waals surface area contributed by atoms with Gasteiger partial charge in [0, 0.05) is 6.54 Å². The number of rotatable bonds is 7. The van der Waals surface area contributed by atoms with Crippen LogP contribution in [0.5, 0.6) is 5.75 Å². The van der Waals surface area contributed by atoms with Crippen molar-refractivity contribution in [1.29, 1.82) is 0 Å². The standard InChI is InChI=1S/C12H22N2O/c1-4-7-14-9-12(8-13-14)15-10-11(5-2)6-3/h8-9,11H,4-7,10H2,1-3H3. The molecular weight excluding hydrogens is 188 g/mol. The molecule has 0 unspecified atom stereocenters. The lowest BCUT2D eigenvalue weighted by Crippen LogP contribution is -2.09. The number of ether oxygens (including phenoxy) is 1. The van der Waals surface area contributed by atoms with E-state index in [2.05, 4.69) is 25.9 Å². The van der Waals surface area contributed by atoms with Gasteiger partial charge in [0.1, 0.15) is 0 Å². The molecule has 0 aliphatic rings. The second-order valence-electron chi connectivity index (χ2n) is 3.93. The first kappa shape index (κ1) is 12.1. The Morgan fingerprint density at radius 1 is 1.33 bits per heavy atom. The zero-order chi connectivity index (χ0) is 11.1. The third-order valence-corrected chi connectivity index (χ3v) is 2.70. The van der Waals surface area contributed by atoms with Crippen molar-refractivity contribution in [2.24, 2.45) is 5.92 Å². The Kier molecular flexibility index (Phi) is 5.22. The maximum Gasteiger partial charge on any atom is 0.157 e. The molecule has 0 radical (unpaired) electrons. The fourth-order valence-electron chi connectivity index (χ4n) is 1.51. The average Bonchev–Trinajstić information content (AvgIpc) is 2.68. The predicted molar refractivity (Wildman–Crippen MR) is 62.1 cm³/mol. The molecule has 1 heterocycles. The smallest absolute Gasteiger partial charge is 0.157 e. The van der Waals surface area contributed by atoms with Crippen molar-refractivity contribution in [2.75, 3.05) is 6.61 Å². The minimum absolute atomic E-state index is 0.666. The van der Waals surface area contributed by atoms with Crippen LogP contribution < -0.4 is 4.74 Å². The maximum absolute atomic E-state index is 5.69. The molecule has 0 aliphatic heterocycles. The fraction of sp³-hybridized carbons (Fsp3) is 0.750. The van der Waals surface area contributed by atoms with Crippen LogP contribution in [-0.4, -0.2) is 16.4 Å². The van der Waals surface area contributed by atoms with Crippen LogP contribution in [0.3, 0.4) is 0 Å². The zero-order valence-electron chi connectivity index (χ0n) is 10.1. The van der Waals surface area contributed by atoms with Crippen molar-refractivity contribution >= 4 is 0 Å². The molecule has 0 aromatic carbocycles. The zero-order valence-corrected chi connectivity index (χ0v) is 10.1. The van der Waals surface area contributed by atoms with Gasteiger partial charge in [-0.05, 0) is 12.3 Å². The molecule has 0 aliphatic carbocycles. The highest BCUT2D eigenvalue weighted by molar-refractivity contribution is 5.11. The Morgan fingerprint density at radius 2 is 2.07 bits per heavy atom. The normalized spacial score (nSPS) is 10.9. The largest absolute Gasteiger partial charge is 0.490 e. The molecule has 1 rings (SSSR count). The number of hydrogen-bond acceptors (Lipinski definition) is 2. The molecule has 0 spiro atoms. The second-order valence-corrected chi connectivity index (χ2v) is 3.93. The Labute approximate surface area is 92.4 Å². The molecular formula is C12H22N2O. The van der Waals surface area contributed by atoms with E-state index in [0.717, 1.165) is 25.3 Å². The van der Waals surface area contributed by atoms with Crippen LogP contribution in [0.2, 0.25) is 0 Å². The molecule has 0 saturated carbocycles. The van der Waals surface area contributed by atoms with E-state index in [-0.39, 0.29) is 0 Å². The third-order valence-electron chi connectivity index (χ3n) is 2.70. The highest BCUT2D eigenvalue weighted by Crippen LogP contribution is 2.13. The summed E-state index contributed by atoms with van der Waals surface area (Å²) in [5.41, 5.74) is 0. The summed E-state index contributed by atoms with van der Waals surface area (Å²) in [4.78, 5) is 0. The first-order valence-electron chi connectivity index (χ1n) is 5.95. The molecule has 3 nitrogen and oxygen atoms in total.